The molecule has 0 radical (unpaired) electrons. The van der Waals surface area contributed by atoms with E-state index in [1.54, 1.807) is 36.0 Å². The van der Waals surface area contributed by atoms with Gasteiger partial charge in [-0.15, -0.1) is 0 Å². The third kappa shape index (κ3) is 7.55. The molecule has 1 aromatic carbocycles. The number of thioether (sulfide) groups is 1. The maximum absolute atomic E-state index is 10.7. The van der Waals surface area contributed by atoms with Crippen LogP contribution in [0.2, 0.25) is 0 Å². The van der Waals surface area contributed by atoms with Gasteiger partial charge in [0.05, 0.1) is 0 Å². The number of aromatic carboxylic acids is 1. The Kier molecular flexibility index (Phi) is 8.37. The molecule has 0 aliphatic rings. The van der Waals surface area contributed by atoms with E-state index >= 15 is 0 Å². The monoisotopic (exact) mass is 364 g/mol. The van der Waals surface area contributed by atoms with Crippen molar-refractivity contribution in [2.24, 2.45) is 0 Å². The molecule has 0 heterocycles. The van der Waals surface area contributed by atoms with Crippen molar-refractivity contribution >= 4 is 38.7 Å². The van der Waals surface area contributed by atoms with E-state index in [9.17, 15) is 9.59 Å². The van der Waals surface area contributed by atoms with Crippen LogP contribution in [-0.2, 0) is 16.1 Å². The predicted octanol–water partition coefficient (Wildman–Crippen LogP) is 1.73. The Bertz CT molecular complexity index is 435. The molecule has 0 saturated carbocycles. The third-order valence-corrected chi connectivity index (χ3v) is 5.89. The van der Waals surface area contributed by atoms with E-state index in [4.69, 9.17) is 14.9 Å². The Balaban J connectivity index is 2.06. The molecule has 0 atom stereocenters. The van der Waals surface area contributed by atoms with Crippen LogP contribution >= 0.6 is 11.8 Å². The van der Waals surface area contributed by atoms with Crippen molar-refractivity contribution in [3.63, 3.8) is 0 Å². The molecule has 7 heteroatoms. The molecule has 1 rings (SSSR count). The summed E-state index contributed by atoms with van der Waals surface area (Å²) in [5.41, 5.74) is 1.89. The fourth-order valence-corrected chi connectivity index (χ4v) is 4.23. The Morgan fingerprint density at radius 1 is 1.20 bits per heavy atom. The third-order valence-electron chi connectivity index (χ3n) is 2.26. The Labute approximate surface area is 127 Å². The predicted molar refractivity (Wildman–Crippen MR) is 78.4 cm³/mol. The Hall–Kier alpha value is -1.01. The molecule has 110 valence electrons. The molecule has 0 bridgehead atoms. The second-order valence-electron chi connectivity index (χ2n) is 3.84. The summed E-state index contributed by atoms with van der Waals surface area (Å²) >= 11 is 1.97. The summed E-state index contributed by atoms with van der Waals surface area (Å²) in [6.07, 6.45) is 0.206. The molecule has 20 heavy (non-hydrogen) atoms. The summed E-state index contributed by atoms with van der Waals surface area (Å²) in [5.74, 6) is -1.04. The SMILES string of the molecule is O=C(O)CCSC[Se]COCc1ccc(C(=O)O)cc1. The number of carboxylic acids is 2. The Morgan fingerprint density at radius 3 is 2.50 bits per heavy atom. The molecule has 0 unspecified atom stereocenters. The number of benzene rings is 1. The maximum atomic E-state index is 10.7. The zero-order chi connectivity index (χ0) is 14.8. The fourth-order valence-electron chi connectivity index (χ4n) is 1.27. The van der Waals surface area contributed by atoms with Gasteiger partial charge in [0.25, 0.3) is 0 Å². The molecule has 0 aliphatic heterocycles. The van der Waals surface area contributed by atoms with E-state index in [2.05, 4.69) is 0 Å². The zero-order valence-corrected chi connectivity index (χ0v) is 13.3. The van der Waals surface area contributed by atoms with Crippen molar-refractivity contribution in [2.45, 2.75) is 13.0 Å². The average molecular weight is 363 g/mol. The van der Waals surface area contributed by atoms with Gasteiger partial charge >= 0.3 is 128 Å². The standard InChI is InChI=1S/C13H16O5SSe/c14-12(15)5-6-19-9-20-8-18-7-10-1-3-11(4-2-10)13(16)17/h1-4H,5-9H2,(H,14,15)(H,16,17). The van der Waals surface area contributed by atoms with E-state index in [0.29, 0.717) is 32.8 Å². The number of aliphatic carboxylic acids is 1. The minimum atomic E-state index is -0.931. The minimum absolute atomic E-state index is 0.206. The van der Waals surface area contributed by atoms with Crippen LogP contribution in [0.5, 0.6) is 0 Å². The number of hydrogen-bond acceptors (Lipinski definition) is 4. The van der Waals surface area contributed by atoms with Gasteiger partial charge < -0.3 is 0 Å². The van der Waals surface area contributed by atoms with E-state index in [-0.39, 0.29) is 12.0 Å². The first-order chi connectivity index (χ1) is 9.59. The van der Waals surface area contributed by atoms with E-state index in [1.165, 1.54) is 0 Å². The summed E-state index contributed by atoms with van der Waals surface area (Å²) in [4.78, 5) is 21.0. The molecule has 0 saturated heterocycles. The molecule has 0 aliphatic carbocycles. The van der Waals surface area contributed by atoms with Gasteiger partial charge in [0.1, 0.15) is 0 Å². The first-order valence-corrected chi connectivity index (χ1v) is 9.44. The van der Waals surface area contributed by atoms with E-state index < -0.39 is 11.9 Å². The molecular formula is C13H16O5SSe. The van der Waals surface area contributed by atoms with Gasteiger partial charge in [-0.3, -0.25) is 0 Å². The van der Waals surface area contributed by atoms with Crippen molar-refractivity contribution in [3.8, 4) is 0 Å². The van der Waals surface area contributed by atoms with Crippen LogP contribution in [0.3, 0.4) is 0 Å². The summed E-state index contributed by atoms with van der Waals surface area (Å²) in [6, 6.07) is 6.62. The van der Waals surface area contributed by atoms with Crippen LogP contribution in [0, 0.1) is 0 Å². The summed E-state index contributed by atoms with van der Waals surface area (Å²) < 4.78 is 6.44. The molecule has 0 fully saturated rings. The summed E-state index contributed by atoms with van der Waals surface area (Å²) in [5, 5.41) is 17.2. The molecule has 0 amide bonds. The van der Waals surface area contributed by atoms with Crippen LogP contribution in [0.15, 0.2) is 24.3 Å². The molecule has 1 aromatic rings. The number of carboxylic acid groups (broad SMARTS) is 2. The fraction of sp³-hybridized carbons (Fsp3) is 0.385. The van der Waals surface area contributed by atoms with Gasteiger partial charge in [-0.25, -0.2) is 0 Å². The second kappa shape index (κ2) is 9.82. The van der Waals surface area contributed by atoms with Crippen molar-refractivity contribution in [3.05, 3.63) is 35.4 Å². The van der Waals surface area contributed by atoms with Crippen LogP contribution in [0.4, 0.5) is 0 Å². The molecule has 2 N–H and O–H groups in total. The average Bonchev–Trinajstić information content (AvgIpc) is 2.42. The molecule has 0 aromatic heterocycles. The van der Waals surface area contributed by atoms with Crippen LogP contribution in [0.1, 0.15) is 22.3 Å². The summed E-state index contributed by atoms with van der Waals surface area (Å²) in [6.45, 7) is 0.474. The first-order valence-electron chi connectivity index (χ1n) is 5.87. The number of hydrogen-bond donors (Lipinski definition) is 2. The Morgan fingerprint density at radius 2 is 1.90 bits per heavy atom. The van der Waals surface area contributed by atoms with E-state index in [0.717, 1.165) is 10.2 Å². The van der Waals surface area contributed by atoms with Crippen molar-refractivity contribution < 1.29 is 24.5 Å². The number of carbonyl (C=O) groups is 2. The van der Waals surface area contributed by atoms with Gasteiger partial charge in [-0.1, -0.05) is 0 Å². The van der Waals surface area contributed by atoms with Crippen LogP contribution in [0.25, 0.3) is 0 Å². The van der Waals surface area contributed by atoms with Crippen molar-refractivity contribution in [2.75, 3.05) is 15.9 Å². The quantitative estimate of drug-likeness (QED) is 0.487. The van der Waals surface area contributed by atoms with Crippen molar-refractivity contribution in [1.82, 2.24) is 0 Å². The molecule has 0 spiro atoms. The van der Waals surface area contributed by atoms with Crippen LogP contribution in [-0.4, -0.2) is 53.0 Å². The normalized spacial score (nSPS) is 10.4. The zero-order valence-electron chi connectivity index (χ0n) is 10.8. The van der Waals surface area contributed by atoms with Gasteiger partial charge in [-0.05, 0) is 0 Å². The van der Waals surface area contributed by atoms with E-state index in [1.807, 2.05) is 0 Å². The number of ether oxygens (including phenoxy) is 1. The molecule has 5 nitrogen and oxygen atoms in total. The molecular weight excluding hydrogens is 347 g/mol. The number of rotatable bonds is 10. The first kappa shape index (κ1) is 17.0. The summed E-state index contributed by atoms with van der Waals surface area (Å²) in [7, 11) is 0. The van der Waals surface area contributed by atoms with Gasteiger partial charge in [0.2, 0.25) is 0 Å². The second-order valence-corrected chi connectivity index (χ2v) is 7.73. The topological polar surface area (TPSA) is 83.8 Å². The van der Waals surface area contributed by atoms with Crippen molar-refractivity contribution in [1.29, 1.82) is 0 Å². The van der Waals surface area contributed by atoms with Gasteiger partial charge in [-0.2, -0.15) is 0 Å². The van der Waals surface area contributed by atoms with Gasteiger partial charge in [0, 0.05) is 0 Å². The van der Waals surface area contributed by atoms with Gasteiger partial charge in [0.15, 0.2) is 0 Å². The van der Waals surface area contributed by atoms with Crippen LogP contribution < -0.4 is 0 Å².